The van der Waals surface area contributed by atoms with Gasteiger partial charge in [0.2, 0.25) is 5.91 Å². The molecule has 0 radical (unpaired) electrons. The molecule has 0 heterocycles. The number of nitrogen functional groups attached to an aromatic ring is 1. The van der Waals surface area contributed by atoms with E-state index >= 15 is 0 Å². The number of benzene rings is 1. The molecule has 0 aliphatic heterocycles. The predicted molar refractivity (Wildman–Crippen MR) is 69.5 cm³/mol. The van der Waals surface area contributed by atoms with Crippen LogP contribution in [0.4, 0.5) is 5.69 Å². The number of amides is 1. The SMILES string of the molecule is C=CCNC(=O)CSc1ccc(N)cc1C. The third-order valence-electron chi connectivity index (χ3n) is 2.00. The third-order valence-corrected chi connectivity index (χ3v) is 3.18. The summed E-state index contributed by atoms with van der Waals surface area (Å²) in [5.41, 5.74) is 7.50. The minimum absolute atomic E-state index is 0.0149. The van der Waals surface area contributed by atoms with Crippen molar-refractivity contribution in [3.8, 4) is 0 Å². The molecule has 1 amide bonds. The second-order valence-electron chi connectivity index (χ2n) is 3.41. The molecule has 0 fully saturated rings. The molecule has 0 aliphatic rings. The number of rotatable bonds is 5. The number of nitrogens with two attached hydrogens (primary N) is 1. The zero-order chi connectivity index (χ0) is 12.0. The summed E-state index contributed by atoms with van der Waals surface area (Å²) in [6.07, 6.45) is 1.66. The van der Waals surface area contributed by atoms with E-state index in [0.29, 0.717) is 12.3 Å². The fourth-order valence-corrected chi connectivity index (χ4v) is 2.05. The van der Waals surface area contributed by atoms with E-state index in [1.807, 2.05) is 25.1 Å². The molecule has 4 heteroatoms. The maximum absolute atomic E-state index is 11.3. The number of thioether (sulfide) groups is 1. The smallest absolute Gasteiger partial charge is 0.230 e. The summed E-state index contributed by atoms with van der Waals surface area (Å²) >= 11 is 1.51. The molecule has 1 aromatic rings. The van der Waals surface area contributed by atoms with Crippen LogP contribution in [0.1, 0.15) is 5.56 Å². The average Bonchev–Trinajstić information content (AvgIpc) is 2.25. The van der Waals surface area contributed by atoms with E-state index in [2.05, 4.69) is 11.9 Å². The molecule has 0 unspecified atom stereocenters. The molecular formula is C12H16N2OS. The van der Waals surface area contributed by atoms with Crippen LogP contribution in [0.2, 0.25) is 0 Å². The van der Waals surface area contributed by atoms with Gasteiger partial charge in [-0.15, -0.1) is 18.3 Å². The van der Waals surface area contributed by atoms with Crippen LogP contribution in [0.3, 0.4) is 0 Å². The van der Waals surface area contributed by atoms with Gasteiger partial charge in [-0.3, -0.25) is 4.79 Å². The maximum atomic E-state index is 11.3. The Morgan fingerprint density at radius 1 is 1.62 bits per heavy atom. The lowest BCUT2D eigenvalue weighted by molar-refractivity contribution is -0.118. The van der Waals surface area contributed by atoms with Gasteiger partial charge in [0.25, 0.3) is 0 Å². The Balaban J connectivity index is 2.48. The van der Waals surface area contributed by atoms with Crippen molar-refractivity contribution in [3.05, 3.63) is 36.4 Å². The zero-order valence-electron chi connectivity index (χ0n) is 9.32. The first-order chi connectivity index (χ1) is 7.63. The van der Waals surface area contributed by atoms with E-state index < -0.39 is 0 Å². The summed E-state index contributed by atoms with van der Waals surface area (Å²) in [6.45, 7) is 6.04. The summed E-state index contributed by atoms with van der Waals surface area (Å²) in [6, 6.07) is 5.69. The Morgan fingerprint density at radius 2 is 2.38 bits per heavy atom. The minimum Gasteiger partial charge on any atom is -0.399 e. The monoisotopic (exact) mass is 236 g/mol. The van der Waals surface area contributed by atoms with Crippen LogP contribution in [0.15, 0.2) is 35.7 Å². The molecule has 3 nitrogen and oxygen atoms in total. The molecule has 0 saturated carbocycles. The van der Waals surface area contributed by atoms with Crippen LogP contribution in [-0.2, 0) is 4.79 Å². The van der Waals surface area contributed by atoms with E-state index in [-0.39, 0.29) is 5.91 Å². The standard InChI is InChI=1S/C12H16N2OS/c1-3-6-14-12(15)8-16-11-5-4-10(13)7-9(11)2/h3-5,7H,1,6,8,13H2,2H3,(H,14,15). The van der Waals surface area contributed by atoms with Gasteiger partial charge < -0.3 is 11.1 Å². The van der Waals surface area contributed by atoms with Gasteiger partial charge in [0.15, 0.2) is 0 Å². The lowest BCUT2D eigenvalue weighted by Crippen LogP contribution is -2.24. The first-order valence-corrected chi connectivity index (χ1v) is 5.98. The highest BCUT2D eigenvalue weighted by atomic mass is 32.2. The normalized spacial score (nSPS) is 9.81. The molecule has 1 rings (SSSR count). The van der Waals surface area contributed by atoms with Crippen molar-refractivity contribution in [2.45, 2.75) is 11.8 Å². The average molecular weight is 236 g/mol. The highest BCUT2D eigenvalue weighted by molar-refractivity contribution is 8.00. The quantitative estimate of drug-likeness (QED) is 0.467. The van der Waals surface area contributed by atoms with Crippen LogP contribution in [-0.4, -0.2) is 18.2 Å². The van der Waals surface area contributed by atoms with Crippen molar-refractivity contribution in [1.29, 1.82) is 0 Å². The van der Waals surface area contributed by atoms with E-state index in [1.165, 1.54) is 11.8 Å². The number of hydrogen-bond acceptors (Lipinski definition) is 3. The highest BCUT2D eigenvalue weighted by Crippen LogP contribution is 2.23. The van der Waals surface area contributed by atoms with Crippen LogP contribution in [0, 0.1) is 6.92 Å². The summed E-state index contributed by atoms with van der Waals surface area (Å²) in [7, 11) is 0. The molecule has 0 atom stereocenters. The second kappa shape index (κ2) is 6.23. The van der Waals surface area contributed by atoms with Gasteiger partial charge >= 0.3 is 0 Å². The minimum atomic E-state index is 0.0149. The molecule has 3 N–H and O–H groups in total. The maximum Gasteiger partial charge on any atom is 0.230 e. The van der Waals surface area contributed by atoms with Crippen molar-refractivity contribution in [2.24, 2.45) is 0 Å². The van der Waals surface area contributed by atoms with Crippen LogP contribution >= 0.6 is 11.8 Å². The van der Waals surface area contributed by atoms with Crippen molar-refractivity contribution in [1.82, 2.24) is 5.32 Å². The van der Waals surface area contributed by atoms with E-state index in [4.69, 9.17) is 5.73 Å². The van der Waals surface area contributed by atoms with E-state index in [1.54, 1.807) is 6.08 Å². The first kappa shape index (κ1) is 12.6. The van der Waals surface area contributed by atoms with Crippen LogP contribution in [0.5, 0.6) is 0 Å². The fraction of sp³-hybridized carbons (Fsp3) is 0.250. The molecule has 1 aromatic carbocycles. The molecule has 0 aromatic heterocycles. The van der Waals surface area contributed by atoms with E-state index in [9.17, 15) is 4.79 Å². The number of carbonyl (C=O) groups excluding carboxylic acids is 1. The molecule has 0 aliphatic carbocycles. The van der Waals surface area contributed by atoms with Crippen molar-refractivity contribution >= 4 is 23.4 Å². The Labute approximate surface area is 100 Å². The fourth-order valence-electron chi connectivity index (χ4n) is 1.21. The van der Waals surface area contributed by atoms with Gasteiger partial charge in [0.05, 0.1) is 5.75 Å². The van der Waals surface area contributed by atoms with E-state index in [0.717, 1.165) is 16.1 Å². The Hall–Kier alpha value is -1.42. The molecular weight excluding hydrogens is 220 g/mol. The van der Waals surface area contributed by atoms with Crippen molar-refractivity contribution in [3.63, 3.8) is 0 Å². The van der Waals surface area contributed by atoms with Gasteiger partial charge in [-0.05, 0) is 30.7 Å². The lowest BCUT2D eigenvalue weighted by atomic mass is 10.2. The van der Waals surface area contributed by atoms with Crippen molar-refractivity contribution in [2.75, 3.05) is 18.0 Å². The molecule has 0 bridgehead atoms. The molecule has 0 spiro atoms. The largest absolute Gasteiger partial charge is 0.399 e. The summed E-state index contributed by atoms with van der Waals surface area (Å²) in [5, 5.41) is 2.73. The van der Waals surface area contributed by atoms with Gasteiger partial charge in [-0.2, -0.15) is 0 Å². The number of aryl methyl sites for hydroxylation is 1. The molecule has 86 valence electrons. The molecule has 0 saturated heterocycles. The second-order valence-corrected chi connectivity index (χ2v) is 4.42. The van der Waals surface area contributed by atoms with Gasteiger partial charge in [-0.25, -0.2) is 0 Å². The predicted octanol–water partition coefficient (Wildman–Crippen LogP) is 1.97. The number of hydrogen-bond donors (Lipinski definition) is 2. The zero-order valence-corrected chi connectivity index (χ0v) is 10.1. The Kier molecular flexibility index (Phi) is 4.92. The number of nitrogens with one attached hydrogen (secondary N) is 1. The summed E-state index contributed by atoms with van der Waals surface area (Å²) < 4.78 is 0. The highest BCUT2D eigenvalue weighted by Gasteiger charge is 2.03. The van der Waals surface area contributed by atoms with Crippen molar-refractivity contribution < 1.29 is 4.79 Å². The van der Waals surface area contributed by atoms with Crippen LogP contribution < -0.4 is 11.1 Å². The lowest BCUT2D eigenvalue weighted by Gasteiger charge is -2.06. The Morgan fingerprint density at radius 3 is 3.00 bits per heavy atom. The molecule has 16 heavy (non-hydrogen) atoms. The summed E-state index contributed by atoms with van der Waals surface area (Å²) in [5.74, 6) is 0.430. The Bertz CT molecular complexity index is 391. The summed E-state index contributed by atoms with van der Waals surface area (Å²) in [4.78, 5) is 12.4. The van der Waals surface area contributed by atoms with Gasteiger partial charge in [-0.1, -0.05) is 6.08 Å². The topological polar surface area (TPSA) is 55.1 Å². The number of anilines is 1. The third kappa shape index (κ3) is 3.98. The van der Waals surface area contributed by atoms with Gasteiger partial charge in [0.1, 0.15) is 0 Å². The van der Waals surface area contributed by atoms with Crippen LogP contribution in [0.25, 0.3) is 0 Å². The number of carbonyl (C=O) groups is 1. The van der Waals surface area contributed by atoms with Gasteiger partial charge in [0, 0.05) is 17.1 Å². The first-order valence-electron chi connectivity index (χ1n) is 5.00.